The Labute approximate surface area is 118 Å². The lowest BCUT2D eigenvalue weighted by Crippen LogP contribution is -2.22. The molecule has 2 rings (SSSR count). The van der Waals surface area contributed by atoms with Crippen LogP contribution in [-0.2, 0) is 4.79 Å². The number of rotatable bonds is 4. The number of aliphatic carboxylic acids is 1. The van der Waals surface area contributed by atoms with E-state index in [0.29, 0.717) is 10.9 Å². The predicted octanol–water partition coefficient (Wildman–Crippen LogP) is 3.65. The average Bonchev–Trinajstić information content (AvgIpc) is 2.41. The molecule has 0 aromatic heterocycles. The first-order valence-corrected chi connectivity index (χ1v) is 7.02. The van der Waals surface area contributed by atoms with Crippen molar-refractivity contribution < 1.29 is 9.90 Å². The number of hydrogen-bond donors (Lipinski definition) is 1. The van der Waals surface area contributed by atoms with Gasteiger partial charge in [-0.25, -0.2) is 0 Å². The lowest BCUT2D eigenvalue weighted by molar-refractivity contribution is -0.143. The van der Waals surface area contributed by atoms with E-state index in [1.165, 1.54) is 0 Å². The molecule has 0 unspecified atom stereocenters. The van der Waals surface area contributed by atoms with E-state index >= 15 is 0 Å². The van der Waals surface area contributed by atoms with Gasteiger partial charge < -0.3 is 5.11 Å². The molecule has 0 radical (unpaired) electrons. The molecule has 0 amide bonds. The number of aliphatic imine (C=N–C) groups is 1. The van der Waals surface area contributed by atoms with Crippen LogP contribution in [0.15, 0.2) is 29.3 Å². The molecular weight excluding hydrogens is 262 g/mol. The Morgan fingerprint density at radius 1 is 1.32 bits per heavy atom. The van der Waals surface area contributed by atoms with Crippen molar-refractivity contribution in [1.29, 1.82) is 0 Å². The molecule has 1 saturated carbocycles. The van der Waals surface area contributed by atoms with Crippen LogP contribution in [0.1, 0.15) is 31.2 Å². The van der Waals surface area contributed by atoms with Crippen LogP contribution in [0.2, 0.25) is 5.02 Å². The van der Waals surface area contributed by atoms with Crippen LogP contribution < -0.4 is 0 Å². The molecule has 102 valence electrons. The molecule has 0 saturated heterocycles. The van der Waals surface area contributed by atoms with Crippen molar-refractivity contribution in [2.45, 2.75) is 25.7 Å². The van der Waals surface area contributed by atoms with E-state index in [0.717, 1.165) is 37.8 Å². The van der Waals surface area contributed by atoms with E-state index in [1.54, 1.807) is 0 Å². The van der Waals surface area contributed by atoms with Gasteiger partial charge in [0.15, 0.2) is 0 Å². The molecule has 1 aliphatic carbocycles. The van der Waals surface area contributed by atoms with Crippen molar-refractivity contribution >= 4 is 23.8 Å². The summed E-state index contributed by atoms with van der Waals surface area (Å²) in [5, 5.41) is 9.64. The van der Waals surface area contributed by atoms with Crippen molar-refractivity contribution in [2.75, 3.05) is 6.54 Å². The fourth-order valence-electron chi connectivity index (χ4n) is 2.47. The van der Waals surface area contributed by atoms with Crippen LogP contribution in [0, 0.1) is 11.8 Å². The molecule has 0 spiro atoms. The highest BCUT2D eigenvalue weighted by Gasteiger charge is 2.25. The monoisotopic (exact) mass is 279 g/mol. The fourth-order valence-corrected chi connectivity index (χ4v) is 2.66. The number of hydrogen-bond acceptors (Lipinski definition) is 2. The first-order chi connectivity index (χ1) is 9.16. The van der Waals surface area contributed by atoms with Gasteiger partial charge in [0.2, 0.25) is 0 Å². The molecule has 0 aliphatic heterocycles. The van der Waals surface area contributed by atoms with E-state index in [1.807, 2.05) is 30.5 Å². The fraction of sp³-hybridized carbons (Fsp3) is 0.467. The molecule has 1 N–H and O–H groups in total. The highest BCUT2D eigenvalue weighted by Crippen LogP contribution is 2.29. The molecule has 0 heterocycles. The van der Waals surface area contributed by atoms with Gasteiger partial charge in [-0.2, -0.15) is 0 Å². The van der Waals surface area contributed by atoms with Crippen molar-refractivity contribution in [2.24, 2.45) is 16.8 Å². The average molecular weight is 280 g/mol. The van der Waals surface area contributed by atoms with Crippen LogP contribution in [-0.4, -0.2) is 23.8 Å². The SMILES string of the molecule is O=C(O)C1CCC(CN=Cc2ccccc2Cl)CC1. The van der Waals surface area contributed by atoms with Crippen molar-refractivity contribution in [3.8, 4) is 0 Å². The maximum atomic E-state index is 10.9. The summed E-state index contributed by atoms with van der Waals surface area (Å²) in [5.41, 5.74) is 0.934. The predicted molar refractivity (Wildman–Crippen MR) is 77.0 cm³/mol. The van der Waals surface area contributed by atoms with Gasteiger partial charge in [-0.15, -0.1) is 0 Å². The Kier molecular flexibility index (Phi) is 4.97. The molecule has 0 bridgehead atoms. The Morgan fingerprint density at radius 3 is 2.63 bits per heavy atom. The summed E-state index contributed by atoms with van der Waals surface area (Å²) in [6, 6.07) is 7.62. The smallest absolute Gasteiger partial charge is 0.306 e. The van der Waals surface area contributed by atoms with Crippen LogP contribution >= 0.6 is 11.6 Å². The van der Waals surface area contributed by atoms with Crippen LogP contribution in [0.3, 0.4) is 0 Å². The second kappa shape index (κ2) is 6.71. The van der Waals surface area contributed by atoms with Gasteiger partial charge in [0, 0.05) is 23.3 Å². The number of carboxylic acids is 1. The topological polar surface area (TPSA) is 49.7 Å². The summed E-state index contributed by atoms with van der Waals surface area (Å²) in [6.45, 7) is 0.761. The van der Waals surface area contributed by atoms with Crippen molar-refractivity contribution in [1.82, 2.24) is 0 Å². The molecule has 1 fully saturated rings. The normalized spacial score (nSPS) is 23.6. The van der Waals surface area contributed by atoms with E-state index in [-0.39, 0.29) is 5.92 Å². The number of benzene rings is 1. The number of halogens is 1. The quantitative estimate of drug-likeness (QED) is 0.855. The van der Waals surface area contributed by atoms with Gasteiger partial charge in [-0.3, -0.25) is 9.79 Å². The number of carboxylic acid groups (broad SMARTS) is 1. The van der Waals surface area contributed by atoms with E-state index in [4.69, 9.17) is 16.7 Å². The van der Waals surface area contributed by atoms with Gasteiger partial charge >= 0.3 is 5.97 Å². The first kappa shape index (κ1) is 14.1. The summed E-state index contributed by atoms with van der Waals surface area (Å²) in [5.74, 6) is -0.295. The lowest BCUT2D eigenvalue weighted by atomic mass is 9.82. The van der Waals surface area contributed by atoms with E-state index in [2.05, 4.69) is 4.99 Å². The molecule has 0 atom stereocenters. The van der Waals surface area contributed by atoms with Gasteiger partial charge in [0.25, 0.3) is 0 Å². The van der Waals surface area contributed by atoms with Crippen molar-refractivity contribution in [3.63, 3.8) is 0 Å². The van der Waals surface area contributed by atoms with Gasteiger partial charge in [0.1, 0.15) is 0 Å². The standard InChI is InChI=1S/C15H18ClNO2/c16-14-4-2-1-3-13(14)10-17-9-11-5-7-12(8-6-11)15(18)19/h1-4,10-12H,5-9H2,(H,18,19). The Morgan fingerprint density at radius 2 is 2.00 bits per heavy atom. The second-order valence-electron chi connectivity index (χ2n) is 5.07. The number of nitrogens with zero attached hydrogens (tertiary/aromatic N) is 1. The molecule has 1 aromatic carbocycles. The zero-order valence-corrected chi connectivity index (χ0v) is 11.5. The minimum Gasteiger partial charge on any atom is -0.481 e. The van der Waals surface area contributed by atoms with Gasteiger partial charge in [0.05, 0.1) is 5.92 Å². The minimum atomic E-state index is -0.655. The molecule has 1 aliphatic rings. The minimum absolute atomic E-state index is 0.149. The van der Waals surface area contributed by atoms with Gasteiger partial charge in [-0.1, -0.05) is 29.8 Å². The van der Waals surface area contributed by atoms with Crippen molar-refractivity contribution in [3.05, 3.63) is 34.9 Å². The summed E-state index contributed by atoms with van der Waals surface area (Å²) in [4.78, 5) is 15.3. The maximum absolute atomic E-state index is 10.9. The Bertz CT molecular complexity index is 465. The highest BCUT2D eigenvalue weighted by atomic mass is 35.5. The summed E-state index contributed by atoms with van der Waals surface area (Å²) in [6.07, 6.45) is 5.28. The second-order valence-corrected chi connectivity index (χ2v) is 5.48. The molecular formula is C15H18ClNO2. The maximum Gasteiger partial charge on any atom is 0.306 e. The third-order valence-electron chi connectivity index (χ3n) is 3.70. The summed E-state index contributed by atoms with van der Waals surface area (Å²) < 4.78 is 0. The Hall–Kier alpha value is -1.35. The van der Waals surface area contributed by atoms with Crippen LogP contribution in [0.4, 0.5) is 0 Å². The molecule has 3 nitrogen and oxygen atoms in total. The zero-order valence-electron chi connectivity index (χ0n) is 10.8. The summed E-state index contributed by atoms with van der Waals surface area (Å²) >= 11 is 6.04. The third kappa shape index (κ3) is 4.06. The van der Waals surface area contributed by atoms with Gasteiger partial charge in [-0.05, 0) is 37.7 Å². The van der Waals surface area contributed by atoms with E-state index < -0.39 is 5.97 Å². The van der Waals surface area contributed by atoms with E-state index in [9.17, 15) is 4.79 Å². The molecule has 4 heteroatoms. The zero-order chi connectivity index (χ0) is 13.7. The lowest BCUT2D eigenvalue weighted by Gasteiger charge is -2.24. The van der Waals surface area contributed by atoms with Crippen LogP contribution in [0.25, 0.3) is 0 Å². The summed E-state index contributed by atoms with van der Waals surface area (Å²) in [7, 11) is 0. The van der Waals surface area contributed by atoms with Crippen LogP contribution in [0.5, 0.6) is 0 Å². The first-order valence-electron chi connectivity index (χ1n) is 6.64. The number of carbonyl (C=O) groups is 1. The Balaban J connectivity index is 1.81. The largest absolute Gasteiger partial charge is 0.481 e. The molecule has 19 heavy (non-hydrogen) atoms. The molecule has 1 aromatic rings. The third-order valence-corrected chi connectivity index (χ3v) is 4.04. The highest BCUT2D eigenvalue weighted by molar-refractivity contribution is 6.33.